The summed E-state index contributed by atoms with van der Waals surface area (Å²) in [6, 6.07) is 0. The second-order valence-electron chi connectivity index (χ2n) is 4.88. The Kier molecular flexibility index (Phi) is 6.33. The Morgan fingerprint density at radius 3 is 2.12 bits per heavy atom. The first kappa shape index (κ1) is 15.7. The molecule has 2 nitrogen and oxygen atoms in total. The van der Waals surface area contributed by atoms with Crippen molar-refractivity contribution in [1.29, 1.82) is 0 Å². The van der Waals surface area contributed by atoms with Gasteiger partial charge < -0.3 is 5.32 Å². The Bertz CT molecular complexity index is 186. The van der Waals surface area contributed by atoms with Gasteiger partial charge in [-0.25, -0.2) is 0 Å². The highest BCUT2D eigenvalue weighted by Gasteiger charge is 2.32. The van der Waals surface area contributed by atoms with Gasteiger partial charge >= 0.3 is 6.18 Å². The van der Waals surface area contributed by atoms with Crippen molar-refractivity contribution in [3.63, 3.8) is 0 Å². The molecule has 0 bridgehead atoms. The summed E-state index contributed by atoms with van der Waals surface area (Å²) in [6.45, 7) is 4.44. The van der Waals surface area contributed by atoms with Crippen molar-refractivity contribution < 1.29 is 13.2 Å². The fourth-order valence-corrected chi connectivity index (χ4v) is 2.27. The molecule has 0 aromatic carbocycles. The van der Waals surface area contributed by atoms with E-state index in [9.17, 15) is 13.2 Å². The van der Waals surface area contributed by atoms with Gasteiger partial charge in [0.2, 0.25) is 0 Å². The molecule has 0 spiro atoms. The van der Waals surface area contributed by atoms with Crippen LogP contribution in [0.2, 0.25) is 0 Å². The van der Waals surface area contributed by atoms with Crippen LogP contribution in [0.15, 0.2) is 0 Å². The minimum atomic E-state index is -4.11. The Balaban J connectivity index is 4.28. The highest BCUT2D eigenvalue weighted by molar-refractivity contribution is 4.79. The number of hydrogen-bond acceptors (Lipinski definition) is 2. The van der Waals surface area contributed by atoms with Crippen molar-refractivity contribution in [3.8, 4) is 0 Å². The van der Waals surface area contributed by atoms with E-state index in [1.54, 1.807) is 0 Å². The van der Waals surface area contributed by atoms with Crippen LogP contribution in [-0.2, 0) is 0 Å². The first-order chi connectivity index (χ1) is 7.22. The zero-order valence-electron chi connectivity index (χ0n) is 10.6. The number of rotatable bonds is 7. The SMILES string of the molecule is CCCC(C)(CNC)CN(C)CC(F)(F)F. The normalized spacial score (nSPS) is 16.5. The minimum absolute atomic E-state index is 0.0938. The Labute approximate surface area is 96.2 Å². The summed E-state index contributed by atoms with van der Waals surface area (Å²) in [6.07, 6.45) is -2.20. The highest BCUT2D eigenvalue weighted by atomic mass is 19.4. The molecule has 0 saturated heterocycles. The molecule has 0 aliphatic heterocycles. The lowest BCUT2D eigenvalue weighted by atomic mass is 9.85. The molecule has 0 rings (SSSR count). The van der Waals surface area contributed by atoms with Gasteiger partial charge in [-0.15, -0.1) is 0 Å². The van der Waals surface area contributed by atoms with Crippen molar-refractivity contribution in [2.24, 2.45) is 5.41 Å². The predicted molar refractivity (Wildman–Crippen MR) is 60.5 cm³/mol. The monoisotopic (exact) mass is 240 g/mol. The van der Waals surface area contributed by atoms with Crippen LogP contribution in [0.3, 0.4) is 0 Å². The van der Waals surface area contributed by atoms with Crippen LogP contribution in [-0.4, -0.2) is 44.8 Å². The standard InChI is InChI=1S/C11H23F3N2/c1-5-6-10(2,7-15-3)8-16(4)9-11(12,13)14/h15H,5-9H2,1-4H3. The average molecular weight is 240 g/mol. The molecule has 0 aromatic rings. The lowest BCUT2D eigenvalue weighted by Crippen LogP contribution is -2.43. The Morgan fingerprint density at radius 1 is 1.19 bits per heavy atom. The second kappa shape index (κ2) is 6.45. The molecular formula is C11H23F3N2. The van der Waals surface area contributed by atoms with Crippen molar-refractivity contribution in [3.05, 3.63) is 0 Å². The molecule has 0 heterocycles. The summed E-state index contributed by atoms with van der Waals surface area (Å²) < 4.78 is 36.6. The van der Waals surface area contributed by atoms with Crippen molar-refractivity contribution in [2.45, 2.75) is 32.9 Å². The Morgan fingerprint density at radius 2 is 1.75 bits per heavy atom. The third kappa shape index (κ3) is 7.06. The number of halogens is 3. The van der Waals surface area contributed by atoms with Gasteiger partial charge in [-0.2, -0.15) is 13.2 Å². The summed E-state index contributed by atoms with van der Waals surface area (Å²) in [5.74, 6) is 0. The summed E-state index contributed by atoms with van der Waals surface area (Å²) in [5.41, 5.74) is -0.0938. The van der Waals surface area contributed by atoms with Crippen LogP contribution in [0.25, 0.3) is 0 Å². The maximum Gasteiger partial charge on any atom is 0.401 e. The van der Waals surface area contributed by atoms with E-state index in [1.165, 1.54) is 11.9 Å². The number of alkyl halides is 3. The van der Waals surface area contributed by atoms with Gasteiger partial charge in [-0.05, 0) is 25.9 Å². The van der Waals surface area contributed by atoms with Gasteiger partial charge in [0.1, 0.15) is 0 Å². The summed E-state index contributed by atoms with van der Waals surface area (Å²) >= 11 is 0. The first-order valence-electron chi connectivity index (χ1n) is 5.62. The molecule has 0 radical (unpaired) electrons. The predicted octanol–water partition coefficient (Wildman–Crippen LogP) is 2.51. The average Bonchev–Trinajstić information content (AvgIpc) is 1.99. The number of nitrogens with zero attached hydrogens (tertiary/aromatic N) is 1. The zero-order valence-corrected chi connectivity index (χ0v) is 10.6. The van der Waals surface area contributed by atoms with E-state index >= 15 is 0 Å². The lowest BCUT2D eigenvalue weighted by molar-refractivity contribution is -0.145. The maximum atomic E-state index is 12.2. The molecule has 0 saturated carbocycles. The van der Waals surface area contributed by atoms with E-state index < -0.39 is 12.7 Å². The van der Waals surface area contributed by atoms with E-state index in [4.69, 9.17) is 0 Å². The maximum absolute atomic E-state index is 12.2. The molecule has 0 aromatic heterocycles. The van der Waals surface area contributed by atoms with E-state index in [-0.39, 0.29) is 5.41 Å². The van der Waals surface area contributed by atoms with Crippen molar-refractivity contribution in [2.75, 3.05) is 33.7 Å². The van der Waals surface area contributed by atoms with Crippen LogP contribution in [0.4, 0.5) is 13.2 Å². The van der Waals surface area contributed by atoms with Gasteiger partial charge in [0, 0.05) is 13.1 Å². The number of hydrogen-bond donors (Lipinski definition) is 1. The molecule has 0 fully saturated rings. The summed E-state index contributed by atoms with van der Waals surface area (Å²) in [7, 11) is 3.36. The zero-order chi connectivity index (χ0) is 12.8. The molecule has 1 unspecified atom stereocenters. The summed E-state index contributed by atoms with van der Waals surface area (Å²) in [4.78, 5) is 1.35. The van der Waals surface area contributed by atoms with Crippen LogP contribution < -0.4 is 5.32 Å². The third-order valence-corrected chi connectivity index (χ3v) is 2.56. The first-order valence-corrected chi connectivity index (χ1v) is 5.62. The molecule has 0 amide bonds. The Hall–Kier alpha value is -0.290. The molecule has 1 atom stereocenters. The fraction of sp³-hybridized carbons (Fsp3) is 1.00. The fourth-order valence-electron chi connectivity index (χ4n) is 2.27. The molecule has 0 aliphatic carbocycles. The van der Waals surface area contributed by atoms with E-state index in [2.05, 4.69) is 12.2 Å². The van der Waals surface area contributed by atoms with E-state index in [0.29, 0.717) is 6.54 Å². The van der Waals surface area contributed by atoms with Crippen LogP contribution in [0, 0.1) is 5.41 Å². The third-order valence-electron chi connectivity index (χ3n) is 2.56. The molecule has 1 N–H and O–H groups in total. The van der Waals surface area contributed by atoms with Crippen molar-refractivity contribution in [1.82, 2.24) is 10.2 Å². The second-order valence-corrected chi connectivity index (χ2v) is 4.88. The van der Waals surface area contributed by atoms with Gasteiger partial charge in [0.25, 0.3) is 0 Å². The van der Waals surface area contributed by atoms with Gasteiger partial charge in [0.05, 0.1) is 6.54 Å². The van der Waals surface area contributed by atoms with Crippen molar-refractivity contribution >= 4 is 0 Å². The smallest absolute Gasteiger partial charge is 0.319 e. The van der Waals surface area contributed by atoms with Gasteiger partial charge in [-0.3, -0.25) is 4.90 Å². The molecular weight excluding hydrogens is 217 g/mol. The van der Waals surface area contributed by atoms with E-state index in [1.807, 2.05) is 14.0 Å². The minimum Gasteiger partial charge on any atom is -0.319 e. The molecule has 98 valence electrons. The van der Waals surface area contributed by atoms with E-state index in [0.717, 1.165) is 19.4 Å². The van der Waals surface area contributed by atoms with Gasteiger partial charge in [-0.1, -0.05) is 20.3 Å². The van der Waals surface area contributed by atoms with Crippen LogP contribution in [0.5, 0.6) is 0 Å². The van der Waals surface area contributed by atoms with Crippen LogP contribution in [0.1, 0.15) is 26.7 Å². The topological polar surface area (TPSA) is 15.3 Å². The molecule has 16 heavy (non-hydrogen) atoms. The largest absolute Gasteiger partial charge is 0.401 e. The summed E-state index contributed by atoms with van der Waals surface area (Å²) in [5, 5.41) is 3.05. The number of nitrogens with one attached hydrogen (secondary N) is 1. The lowest BCUT2D eigenvalue weighted by Gasteiger charge is -2.34. The van der Waals surface area contributed by atoms with Crippen LogP contribution >= 0.6 is 0 Å². The molecule has 5 heteroatoms. The molecule has 0 aliphatic rings. The highest BCUT2D eigenvalue weighted by Crippen LogP contribution is 2.25. The van der Waals surface area contributed by atoms with Gasteiger partial charge in [0.15, 0.2) is 0 Å². The quantitative estimate of drug-likeness (QED) is 0.735.